The van der Waals surface area contributed by atoms with Crippen molar-refractivity contribution in [3.63, 3.8) is 0 Å². The van der Waals surface area contributed by atoms with Gasteiger partial charge in [0, 0.05) is 31.1 Å². The quantitative estimate of drug-likeness (QED) is 0.323. The maximum absolute atomic E-state index is 11.4. The summed E-state index contributed by atoms with van der Waals surface area (Å²) in [5.41, 5.74) is 5.46. The molecular weight excluding hydrogens is 358 g/mol. The van der Waals surface area contributed by atoms with E-state index in [1.54, 1.807) is 0 Å². The predicted molar refractivity (Wildman–Crippen MR) is 114 cm³/mol. The SMILES string of the molecule is CCNC(=NCC(C)Cc1cccs1)NCCCN1CCCC(C(N)=O)C1. The molecule has 0 radical (unpaired) electrons. The number of amides is 1. The topological polar surface area (TPSA) is 82.8 Å². The number of likely N-dealkylation sites (tertiary alicyclic amines) is 1. The van der Waals surface area contributed by atoms with Crippen LogP contribution in [0, 0.1) is 11.8 Å². The Morgan fingerprint density at radius 2 is 2.33 bits per heavy atom. The molecule has 2 heterocycles. The lowest BCUT2D eigenvalue weighted by molar-refractivity contribution is -0.123. The number of nitrogens with two attached hydrogens (primary N) is 1. The molecule has 7 heteroatoms. The normalized spacial score (nSPS) is 19.6. The van der Waals surface area contributed by atoms with E-state index >= 15 is 0 Å². The number of primary amides is 1. The Morgan fingerprint density at radius 3 is 3.04 bits per heavy atom. The molecule has 2 atom stereocenters. The predicted octanol–water partition coefficient (Wildman–Crippen LogP) is 2.07. The number of carbonyl (C=O) groups is 1. The molecule has 1 aromatic rings. The van der Waals surface area contributed by atoms with Gasteiger partial charge in [-0.3, -0.25) is 9.79 Å². The van der Waals surface area contributed by atoms with Crippen LogP contribution in [-0.2, 0) is 11.2 Å². The lowest BCUT2D eigenvalue weighted by atomic mass is 9.97. The van der Waals surface area contributed by atoms with Crippen LogP contribution in [0.2, 0.25) is 0 Å². The zero-order chi connectivity index (χ0) is 19.5. The van der Waals surface area contributed by atoms with Gasteiger partial charge in [-0.05, 0) is 63.1 Å². The second kappa shape index (κ2) is 12.0. The number of hydrogen-bond donors (Lipinski definition) is 3. The Kier molecular flexibility index (Phi) is 9.62. The van der Waals surface area contributed by atoms with Crippen molar-refractivity contribution < 1.29 is 4.79 Å². The minimum absolute atomic E-state index is 0.0235. The maximum Gasteiger partial charge on any atom is 0.221 e. The minimum Gasteiger partial charge on any atom is -0.369 e. The van der Waals surface area contributed by atoms with E-state index in [0.717, 1.165) is 70.9 Å². The summed E-state index contributed by atoms with van der Waals surface area (Å²) >= 11 is 1.81. The highest BCUT2D eigenvalue weighted by atomic mass is 32.1. The molecule has 1 saturated heterocycles. The lowest BCUT2D eigenvalue weighted by Crippen LogP contribution is -2.43. The van der Waals surface area contributed by atoms with Crippen molar-refractivity contribution in [1.29, 1.82) is 0 Å². The zero-order valence-corrected chi connectivity index (χ0v) is 17.6. The molecule has 1 aromatic heterocycles. The van der Waals surface area contributed by atoms with Gasteiger partial charge >= 0.3 is 0 Å². The highest BCUT2D eigenvalue weighted by Crippen LogP contribution is 2.16. The average molecular weight is 394 g/mol. The molecule has 0 spiro atoms. The summed E-state index contributed by atoms with van der Waals surface area (Å²) < 4.78 is 0. The summed E-state index contributed by atoms with van der Waals surface area (Å²) in [6.45, 7) is 9.76. The van der Waals surface area contributed by atoms with Crippen LogP contribution in [0.25, 0.3) is 0 Å². The lowest BCUT2D eigenvalue weighted by Gasteiger charge is -2.31. The molecule has 6 nitrogen and oxygen atoms in total. The fourth-order valence-corrected chi connectivity index (χ4v) is 4.30. The summed E-state index contributed by atoms with van der Waals surface area (Å²) in [6.07, 6.45) is 4.11. The van der Waals surface area contributed by atoms with Gasteiger partial charge in [0.15, 0.2) is 5.96 Å². The number of carbonyl (C=O) groups excluding carboxylic acids is 1. The van der Waals surface area contributed by atoms with Crippen LogP contribution in [0.5, 0.6) is 0 Å². The highest BCUT2D eigenvalue weighted by Gasteiger charge is 2.23. The van der Waals surface area contributed by atoms with E-state index < -0.39 is 0 Å². The molecule has 0 saturated carbocycles. The standard InChI is InChI=1S/C20H35N5OS/c1-3-22-20(24-14-16(2)13-18-8-5-12-27-18)23-9-6-11-25-10-4-7-17(15-25)19(21)26/h5,8,12,16-17H,3-4,6-7,9-11,13-15H2,1-2H3,(H2,21,26)(H2,22,23,24). The van der Waals surface area contributed by atoms with Gasteiger partial charge < -0.3 is 21.3 Å². The number of thiophene rings is 1. The molecule has 27 heavy (non-hydrogen) atoms. The first-order valence-electron chi connectivity index (χ1n) is 10.1. The van der Waals surface area contributed by atoms with E-state index in [1.165, 1.54) is 4.88 Å². The fraction of sp³-hybridized carbons (Fsp3) is 0.700. The maximum atomic E-state index is 11.4. The summed E-state index contributed by atoms with van der Waals surface area (Å²) in [5, 5.41) is 8.89. The van der Waals surface area contributed by atoms with Crippen LogP contribution in [-0.4, -0.2) is 56.0 Å². The molecule has 1 aliphatic rings. The fourth-order valence-electron chi connectivity index (χ4n) is 3.43. The Morgan fingerprint density at radius 1 is 1.48 bits per heavy atom. The van der Waals surface area contributed by atoms with E-state index in [-0.39, 0.29) is 11.8 Å². The first kappa shape index (κ1) is 21.7. The van der Waals surface area contributed by atoms with E-state index in [2.05, 4.69) is 46.9 Å². The van der Waals surface area contributed by atoms with E-state index in [4.69, 9.17) is 10.7 Å². The van der Waals surface area contributed by atoms with Crippen molar-refractivity contribution in [3.05, 3.63) is 22.4 Å². The Balaban J connectivity index is 1.68. The first-order valence-corrected chi connectivity index (χ1v) is 11.0. The van der Waals surface area contributed by atoms with Gasteiger partial charge in [0.25, 0.3) is 0 Å². The molecule has 1 amide bonds. The van der Waals surface area contributed by atoms with Gasteiger partial charge in [0.2, 0.25) is 5.91 Å². The molecule has 0 bridgehead atoms. The Bertz CT molecular complexity index is 575. The zero-order valence-electron chi connectivity index (χ0n) is 16.7. The molecule has 4 N–H and O–H groups in total. The molecule has 2 rings (SSSR count). The third-order valence-corrected chi connectivity index (χ3v) is 5.79. The van der Waals surface area contributed by atoms with Crippen LogP contribution >= 0.6 is 11.3 Å². The number of piperidine rings is 1. The number of hydrogen-bond acceptors (Lipinski definition) is 4. The summed E-state index contributed by atoms with van der Waals surface area (Å²) in [7, 11) is 0. The molecule has 1 fully saturated rings. The van der Waals surface area contributed by atoms with E-state index in [1.807, 2.05) is 11.3 Å². The van der Waals surface area contributed by atoms with Crippen molar-refractivity contribution in [1.82, 2.24) is 15.5 Å². The minimum atomic E-state index is -0.156. The van der Waals surface area contributed by atoms with E-state index in [9.17, 15) is 4.79 Å². The van der Waals surface area contributed by atoms with Gasteiger partial charge in [0.05, 0.1) is 5.92 Å². The van der Waals surface area contributed by atoms with Gasteiger partial charge in [-0.25, -0.2) is 0 Å². The third kappa shape index (κ3) is 8.30. The Hall–Kier alpha value is -1.60. The molecule has 152 valence electrons. The number of rotatable bonds is 10. The second-order valence-electron chi connectivity index (χ2n) is 7.43. The Labute approximate surface area is 167 Å². The molecule has 0 aromatic carbocycles. The summed E-state index contributed by atoms with van der Waals surface area (Å²) in [4.78, 5) is 19.9. The number of guanidine groups is 1. The highest BCUT2D eigenvalue weighted by molar-refractivity contribution is 7.09. The molecule has 2 unspecified atom stereocenters. The molecule has 0 aliphatic carbocycles. The van der Waals surface area contributed by atoms with Crippen molar-refractivity contribution in [2.24, 2.45) is 22.6 Å². The van der Waals surface area contributed by atoms with Crippen LogP contribution in [0.4, 0.5) is 0 Å². The van der Waals surface area contributed by atoms with Crippen LogP contribution in [0.1, 0.15) is 38.0 Å². The summed E-state index contributed by atoms with van der Waals surface area (Å²) in [6, 6.07) is 4.30. The molecule has 1 aliphatic heterocycles. The second-order valence-corrected chi connectivity index (χ2v) is 8.46. The summed E-state index contributed by atoms with van der Waals surface area (Å²) in [5.74, 6) is 1.29. The van der Waals surface area contributed by atoms with Crippen molar-refractivity contribution in [3.8, 4) is 0 Å². The molecular formula is C20H35N5OS. The van der Waals surface area contributed by atoms with Crippen LogP contribution in [0.15, 0.2) is 22.5 Å². The monoisotopic (exact) mass is 393 g/mol. The van der Waals surface area contributed by atoms with Crippen molar-refractivity contribution in [2.75, 3.05) is 39.3 Å². The average Bonchev–Trinajstić information content (AvgIpc) is 3.16. The van der Waals surface area contributed by atoms with E-state index in [0.29, 0.717) is 5.92 Å². The van der Waals surface area contributed by atoms with Crippen molar-refractivity contribution >= 4 is 23.2 Å². The van der Waals surface area contributed by atoms with Gasteiger partial charge in [-0.2, -0.15) is 0 Å². The largest absolute Gasteiger partial charge is 0.369 e. The third-order valence-electron chi connectivity index (χ3n) is 4.89. The van der Waals surface area contributed by atoms with Gasteiger partial charge in [0.1, 0.15) is 0 Å². The number of aliphatic imine (C=N–C) groups is 1. The van der Waals surface area contributed by atoms with Gasteiger partial charge in [-0.1, -0.05) is 13.0 Å². The van der Waals surface area contributed by atoms with Crippen molar-refractivity contribution in [2.45, 2.75) is 39.5 Å². The van der Waals surface area contributed by atoms with Gasteiger partial charge in [-0.15, -0.1) is 11.3 Å². The number of nitrogens with one attached hydrogen (secondary N) is 2. The number of nitrogens with zero attached hydrogens (tertiary/aromatic N) is 2. The van der Waals surface area contributed by atoms with Crippen LogP contribution in [0.3, 0.4) is 0 Å². The van der Waals surface area contributed by atoms with Crippen LogP contribution < -0.4 is 16.4 Å². The first-order chi connectivity index (χ1) is 13.1. The smallest absolute Gasteiger partial charge is 0.221 e.